The Hall–Kier alpha value is 3.39. The van der Waals surface area contributed by atoms with Gasteiger partial charge in [-0.3, -0.25) is 17.8 Å². The van der Waals surface area contributed by atoms with Gasteiger partial charge in [-0.1, -0.05) is 11.8 Å². The van der Waals surface area contributed by atoms with Gasteiger partial charge in [0.25, 0.3) is 7.82 Å². The van der Waals surface area contributed by atoms with Crippen LogP contribution in [-0.2, 0) is 43.6 Å². The molecule has 0 radical (unpaired) electrons. The topological polar surface area (TPSA) is 254 Å². The van der Waals surface area contributed by atoms with Crippen molar-refractivity contribution in [2.75, 3.05) is 19.5 Å². The molecule has 0 aromatic carbocycles. The first-order valence-electron chi connectivity index (χ1n) is 7.56. The maximum atomic E-state index is 12.0. The Balaban J connectivity index is -0.00000240. The minimum atomic E-state index is -6.04. The van der Waals surface area contributed by atoms with Gasteiger partial charge in [0.2, 0.25) is 0 Å². The van der Waals surface area contributed by atoms with Gasteiger partial charge in [-0.2, -0.15) is 4.98 Å². The van der Waals surface area contributed by atoms with E-state index in [2.05, 4.69) is 29.9 Å². The Labute approximate surface area is 286 Å². The number of hydrogen-bond donors (Lipinski definition) is 2. The van der Waals surface area contributed by atoms with Gasteiger partial charge in [-0.15, -0.1) is 0 Å². The van der Waals surface area contributed by atoms with Crippen LogP contribution in [0.15, 0.2) is 17.1 Å². The number of phosphoric acid groups is 2. The van der Waals surface area contributed by atoms with Gasteiger partial charge in [-0.05, 0) is 6.07 Å². The van der Waals surface area contributed by atoms with Gasteiger partial charge >= 0.3 is 124 Å². The van der Waals surface area contributed by atoms with Crippen molar-refractivity contribution in [1.29, 1.82) is 0 Å². The number of aliphatic hydroxyl groups excluding tert-OH is 1. The fourth-order valence-electron chi connectivity index (χ4n) is 2.40. The molecule has 1 aromatic heterocycles. The molecule has 6 atom stereocenters. The third-order valence-electron chi connectivity index (χ3n) is 3.51. The first-order valence-corrected chi connectivity index (χ1v) is 13.0. The molecule has 1 fully saturated rings. The maximum Gasteiger partial charge on any atom is 1.00 e. The second-order valence-corrected chi connectivity index (χ2v) is 11.2. The first kappa shape index (κ1) is 41.9. The quantitative estimate of drug-likeness (QED) is 0.197. The van der Waals surface area contributed by atoms with Gasteiger partial charge in [0.05, 0.1) is 14.4 Å². The third-order valence-corrected chi connectivity index (χ3v) is 8.09. The van der Waals surface area contributed by atoms with Crippen molar-refractivity contribution in [3.05, 3.63) is 22.7 Å². The Morgan fingerprint density at radius 3 is 2.24 bits per heavy atom. The third kappa shape index (κ3) is 13.2. The summed E-state index contributed by atoms with van der Waals surface area (Å²) in [5.41, 5.74) is 4.56. The van der Waals surface area contributed by atoms with Crippen LogP contribution in [-0.4, -0.2) is 46.7 Å². The molecule has 1 aliphatic heterocycles. The van der Waals surface area contributed by atoms with E-state index in [1.165, 1.54) is 19.4 Å². The Kier molecular flexibility index (Phi) is 21.3. The summed E-state index contributed by atoms with van der Waals surface area (Å²) in [5.74, 6) is -0.0715. The number of aliphatic hydroxyl groups is 1. The minimum absolute atomic E-state index is 0. The van der Waals surface area contributed by atoms with Crippen LogP contribution in [0.5, 0.6) is 0 Å². The summed E-state index contributed by atoms with van der Waals surface area (Å²) in [6, 6.07) is 1.27. The zero-order valence-electron chi connectivity index (χ0n) is 18.7. The van der Waals surface area contributed by atoms with Crippen molar-refractivity contribution in [3.8, 4) is 0 Å². The molecule has 2 rings (SSSR count). The van der Waals surface area contributed by atoms with Gasteiger partial charge in [-0.25, -0.2) is 4.79 Å². The fourth-order valence-corrected chi connectivity index (χ4v) is 6.19. The van der Waals surface area contributed by atoms with Crippen LogP contribution in [0.4, 0.5) is 5.82 Å². The van der Waals surface area contributed by atoms with Crippen LogP contribution in [0.3, 0.4) is 0 Å². The zero-order valence-corrected chi connectivity index (χ0v) is 30.2. The van der Waals surface area contributed by atoms with E-state index in [0.717, 1.165) is 4.57 Å². The largest absolute Gasteiger partial charge is 1.00 e. The van der Waals surface area contributed by atoms with E-state index < -0.39 is 59.2 Å². The molecule has 0 aliphatic carbocycles. The van der Waals surface area contributed by atoms with Crippen LogP contribution in [0.2, 0.25) is 0 Å². The van der Waals surface area contributed by atoms with Gasteiger partial charge in [0, 0.05) is 13.3 Å². The summed E-state index contributed by atoms with van der Waals surface area (Å²) in [6.45, 7) is -5.81. The van der Waals surface area contributed by atoms with E-state index in [0.29, 0.717) is 0 Å². The normalized spacial score (nSPS) is 25.4. The monoisotopic (exact) mass is 601 g/mol. The average molecular weight is 601 g/mol. The van der Waals surface area contributed by atoms with Gasteiger partial charge in [0.15, 0.2) is 6.23 Å². The van der Waals surface area contributed by atoms with Crippen LogP contribution >= 0.6 is 22.4 Å². The van der Waals surface area contributed by atoms with Gasteiger partial charge in [0.1, 0.15) is 30.8 Å². The van der Waals surface area contributed by atoms with E-state index in [1.54, 1.807) is 0 Å². The Morgan fingerprint density at radius 2 is 1.76 bits per heavy atom. The standard InChI is InChI=1S/C10H18N3O13P3S.4Na/c1-22-8-7(14)5(24-9(8)13-3-2-6(11)12-10(13)15)4-23-29(21,30)26-28(19,20)25-27(16,17)18;;;;/h2-3,5,7-9,14H,4H2,1H3,(H,19,20)(H,21,30)(H2,11,12,15)(H2,16,17,18);;;;/q;4*+1/p-4/t5-,7-,8-,9-,29?;;;;/m1..../s1. The Bertz CT molecular complexity index is 986. The van der Waals surface area contributed by atoms with Crippen LogP contribution in [0, 0.1) is 0 Å². The number of anilines is 1. The van der Waals surface area contributed by atoms with Gasteiger partial charge < -0.3 is 49.0 Å². The molecule has 24 heteroatoms. The molecule has 2 unspecified atom stereocenters. The molecule has 172 valence electrons. The molecule has 2 heterocycles. The van der Waals surface area contributed by atoms with Crippen molar-refractivity contribution in [3.63, 3.8) is 0 Å². The number of nitrogen functional groups attached to an aromatic ring is 1. The summed E-state index contributed by atoms with van der Waals surface area (Å²) in [6.07, 6.45) is -4.01. The number of rotatable bonds is 9. The fraction of sp³-hybridized carbons (Fsp3) is 0.600. The molecule has 0 spiro atoms. The van der Waals surface area contributed by atoms with Crippen molar-refractivity contribution in [2.45, 2.75) is 24.5 Å². The summed E-state index contributed by atoms with van der Waals surface area (Å²) >= 11 is 4.29. The molecule has 1 aliphatic rings. The molecule has 0 amide bonds. The second-order valence-electron chi connectivity index (χ2n) is 5.60. The number of methoxy groups -OCH3 is 1. The van der Waals surface area contributed by atoms with E-state index in [4.69, 9.17) is 15.2 Å². The average Bonchev–Trinajstić information content (AvgIpc) is 2.85. The molecule has 1 saturated heterocycles. The molecule has 0 saturated carbocycles. The number of aromatic nitrogens is 2. The van der Waals surface area contributed by atoms with E-state index in [-0.39, 0.29) is 124 Å². The first-order chi connectivity index (χ1) is 13.6. The van der Waals surface area contributed by atoms with E-state index in [9.17, 15) is 38.6 Å². The second kappa shape index (κ2) is 17.3. The molecule has 1 aromatic rings. The number of ether oxygens (including phenoxy) is 2. The summed E-state index contributed by atoms with van der Waals surface area (Å²) in [5, 5.41) is 10.3. The van der Waals surface area contributed by atoms with Crippen molar-refractivity contribution >= 4 is 40.0 Å². The molecule has 0 bridgehead atoms. The van der Waals surface area contributed by atoms with E-state index in [1.807, 2.05) is 0 Å². The van der Waals surface area contributed by atoms with Crippen LogP contribution in [0.25, 0.3) is 0 Å². The predicted molar refractivity (Wildman–Crippen MR) is 91.2 cm³/mol. The summed E-state index contributed by atoms with van der Waals surface area (Å²) in [7, 11) is -10.8. The van der Waals surface area contributed by atoms with E-state index >= 15 is 0 Å². The summed E-state index contributed by atoms with van der Waals surface area (Å²) < 4.78 is 44.6. The van der Waals surface area contributed by atoms with Crippen LogP contribution < -0.4 is 149 Å². The van der Waals surface area contributed by atoms with Crippen LogP contribution in [0.1, 0.15) is 6.23 Å². The molecule has 16 nitrogen and oxygen atoms in total. The SMILES string of the molecule is CO[C@@H]1[C@H](O)[C@@H](COP([O-])(=S)OP(=O)([O-])OP(=O)([O-])[O-])O[C@H]1n1ccc(N)nc1=O.[Na+].[Na+].[Na+].[Na+]. The minimum Gasteiger partial charge on any atom is -0.790 e. The molecular weight excluding hydrogens is 587 g/mol. The smallest absolute Gasteiger partial charge is 0.790 e. The van der Waals surface area contributed by atoms with Crippen molar-refractivity contribution in [1.82, 2.24) is 9.55 Å². The molecule has 3 N–H and O–H groups in total. The Morgan fingerprint density at radius 1 is 1.21 bits per heavy atom. The predicted octanol–water partition coefficient (Wildman–Crippen LogP) is -16.0. The summed E-state index contributed by atoms with van der Waals surface area (Å²) in [4.78, 5) is 59.4. The number of nitrogens with two attached hydrogens (primary N) is 1. The molecule has 34 heavy (non-hydrogen) atoms. The van der Waals surface area contributed by atoms with Crippen molar-refractivity contribution < 1.29 is 175 Å². The number of nitrogens with zero attached hydrogens (tertiary/aromatic N) is 2. The zero-order chi connectivity index (χ0) is 22.9. The maximum absolute atomic E-state index is 12.0. The molecular formula is C10H14N3Na4O13P3S. The number of hydrogen-bond acceptors (Lipinski definition) is 16. The van der Waals surface area contributed by atoms with Crippen molar-refractivity contribution in [2.24, 2.45) is 0 Å².